The molecule has 57 heavy (non-hydrogen) atoms. The summed E-state index contributed by atoms with van der Waals surface area (Å²) < 4.78 is 13.4. The summed E-state index contributed by atoms with van der Waals surface area (Å²) in [5.41, 5.74) is 5.31. The first-order valence-corrected chi connectivity index (χ1v) is 21.9. The van der Waals surface area contributed by atoms with Gasteiger partial charge in [-0.15, -0.1) is 0 Å². The van der Waals surface area contributed by atoms with Gasteiger partial charge in [-0.1, -0.05) is 181 Å². The molecule has 0 radical (unpaired) electrons. The van der Waals surface area contributed by atoms with E-state index < -0.39 is 6.29 Å². The van der Waals surface area contributed by atoms with Crippen molar-refractivity contribution in [1.29, 1.82) is 0 Å². The predicted molar refractivity (Wildman–Crippen MR) is 235 cm³/mol. The number of rotatable bonds is 23. The van der Waals surface area contributed by atoms with Gasteiger partial charge in [-0.05, 0) is 63.3 Å². The monoisotopic (exact) mass is 771 g/mol. The van der Waals surface area contributed by atoms with Gasteiger partial charge < -0.3 is 19.9 Å². The largest absolute Gasteiger partial charge is 0.392 e. The number of likely N-dealkylation sites (N-methyl/N-ethyl adjacent to an activating group) is 1. The zero-order valence-electron chi connectivity index (χ0n) is 34.6. The molecule has 3 unspecified atom stereocenters. The van der Waals surface area contributed by atoms with Crippen molar-refractivity contribution in [2.24, 2.45) is 0 Å². The molecule has 304 valence electrons. The van der Waals surface area contributed by atoms with Crippen molar-refractivity contribution >= 4 is 27.5 Å². The maximum atomic E-state index is 12.6. The molecule has 6 rings (SSSR count). The first-order chi connectivity index (χ1) is 28.0. The van der Waals surface area contributed by atoms with Gasteiger partial charge in [0.25, 0.3) is 0 Å². The molecule has 1 amide bonds. The number of unbranched alkanes of at least 4 members (excludes halogenated alkanes) is 12. The van der Waals surface area contributed by atoms with Crippen molar-refractivity contribution in [2.75, 3.05) is 13.6 Å². The molecule has 1 aliphatic rings. The molecule has 0 spiro atoms. The lowest BCUT2D eigenvalue weighted by Crippen LogP contribution is -2.37. The van der Waals surface area contributed by atoms with E-state index in [1.807, 2.05) is 12.1 Å². The van der Waals surface area contributed by atoms with Crippen LogP contribution in [0.2, 0.25) is 0 Å². The fraction of sp³-hybridized carbons (Fsp3) is 0.471. The summed E-state index contributed by atoms with van der Waals surface area (Å²) in [6.45, 7) is 4.34. The zero-order valence-corrected chi connectivity index (χ0v) is 34.6. The first kappa shape index (κ1) is 42.5. The molecule has 0 saturated carbocycles. The highest BCUT2D eigenvalue weighted by molar-refractivity contribution is 6.02. The number of hydrogen-bond acceptors (Lipinski definition) is 5. The summed E-state index contributed by atoms with van der Waals surface area (Å²) in [6.07, 6.45) is 17.5. The SMILES string of the molecule is CCCCCCCCCCCCCCCC(=O)NCc1ccc(C2OC(CN(C)Cc3c4ccccc4cc4ccccc34)CC(c3ccc(CO)cc3)O2)cc1. The van der Waals surface area contributed by atoms with Gasteiger partial charge in [0.15, 0.2) is 6.29 Å². The van der Waals surface area contributed by atoms with Gasteiger partial charge in [-0.3, -0.25) is 9.69 Å². The fourth-order valence-corrected chi connectivity index (χ4v) is 8.38. The van der Waals surface area contributed by atoms with Gasteiger partial charge in [0.1, 0.15) is 0 Å². The molecular weight excluding hydrogens is 705 g/mol. The molecule has 0 bridgehead atoms. The summed E-state index contributed by atoms with van der Waals surface area (Å²) in [6, 6.07) is 35.9. The maximum absolute atomic E-state index is 12.6. The molecule has 1 fully saturated rings. The van der Waals surface area contributed by atoms with Gasteiger partial charge >= 0.3 is 0 Å². The topological polar surface area (TPSA) is 71.0 Å². The van der Waals surface area contributed by atoms with Crippen LogP contribution in [-0.4, -0.2) is 35.6 Å². The highest BCUT2D eigenvalue weighted by Crippen LogP contribution is 2.39. The van der Waals surface area contributed by atoms with Gasteiger partial charge in [-0.2, -0.15) is 0 Å². The standard InChI is InChI=1S/C51H66N2O4/c1-3-4-5-6-7-8-9-10-11-12-13-14-15-24-50(55)52-35-39-25-31-42(32-26-39)51-56-45(34-49(57-51)41-29-27-40(38-54)28-30-41)36-53(2)37-48-46-22-18-16-20-43(46)33-44-21-17-19-23-47(44)48/h16-23,25-33,45,49,51,54H,3-15,24,34-38H2,1-2H3,(H,52,55). The van der Waals surface area contributed by atoms with Crippen molar-refractivity contribution in [3.05, 3.63) is 131 Å². The van der Waals surface area contributed by atoms with Crippen LogP contribution in [0.25, 0.3) is 21.5 Å². The normalized spacial score (nSPS) is 17.1. The lowest BCUT2D eigenvalue weighted by molar-refractivity contribution is -0.252. The highest BCUT2D eigenvalue weighted by Gasteiger charge is 2.33. The Morgan fingerprint density at radius 3 is 1.82 bits per heavy atom. The zero-order chi connectivity index (χ0) is 39.7. The summed E-state index contributed by atoms with van der Waals surface area (Å²) in [4.78, 5) is 15.0. The fourth-order valence-electron chi connectivity index (χ4n) is 8.38. The Labute approximate surface area is 342 Å². The Bertz CT molecular complexity index is 1890. The van der Waals surface area contributed by atoms with Crippen LogP contribution in [-0.2, 0) is 34.0 Å². The van der Waals surface area contributed by atoms with Crippen LogP contribution >= 0.6 is 0 Å². The van der Waals surface area contributed by atoms with E-state index in [4.69, 9.17) is 9.47 Å². The third-order valence-corrected chi connectivity index (χ3v) is 11.7. The number of nitrogens with one attached hydrogen (secondary N) is 1. The number of nitrogens with zero attached hydrogens (tertiary/aromatic N) is 1. The molecule has 6 nitrogen and oxygen atoms in total. The van der Waals surface area contributed by atoms with E-state index in [1.54, 1.807) is 0 Å². The highest BCUT2D eigenvalue weighted by atomic mass is 16.7. The van der Waals surface area contributed by atoms with Crippen molar-refractivity contribution in [1.82, 2.24) is 10.2 Å². The molecule has 5 aromatic carbocycles. The molecule has 2 N–H and O–H groups in total. The minimum atomic E-state index is -0.530. The third-order valence-electron chi connectivity index (χ3n) is 11.7. The quantitative estimate of drug-likeness (QED) is 0.0511. The van der Waals surface area contributed by atoms with Crippen LogP contribution in [0.4, 0.5) is 0 Å². The molecule has 1 saturated heterocycles. The van der Waals surface area contributed by atoms with Crippen molar-refractivity contribution in [3.63, 3.8) is 0 Å². The van der Waals surface area contributed by atoms with E-state index in [2.05, 4.69) is 115 Å². The molecule has 5 aromatic rings. The molecule has 0 aliphatic carbocycles. The van der Waals surface area contributed by atoms with Crippen LogP contribution in [0.3, 0.4) is 0 Å². The van der Waals surface area contributed by atoms with Crippen LogP contribution in [0, 0.1) is 0 Å². The number of fused-ring (bicyclic) bond motifs is 2. The number of amides is 1. The number of aliphatic hydroxyl groups excluding tert-OH is 1. The van der Waals surface area contributed by atoms with E-state index in [0.29, 0.717) is 13.0 Å². The number of carbonyl (C=O) groups is 1. The Balaban J connectivity index is 0.997. The summed E-state index contributed by atoms with van der Waals surface area (Å²) in [5, 5.41) is 17.9. The Hall–Kier alpha value is -4.07. The van der Waals surface area contributed by atoms with Crippen LogP contribution in [0.5, 0.6) is 0 Å². The summed E-state index contributed by atoms with van der Waals surface area (Å²) in [7, 11) is 2.18. The van der Waals surface area contributed by atoms with Crippen LogP contribution in [0.15, 0.2) is 103 Å². The molecule has 6 heteroatoms. The van der Waals surface area contributed by atoms with Crippen LogP contribution < -0.4 is 5.32 Å². The Morgan fingerprint density at radius 1 is 0.684 bits per heavy atom. The number of carbonyl (C=O) groups excluding carboxylic acids is 1. The van der Waals surface area contributed by atoms with E-state index in [1.165, 1.54) is 97.7 Å². The average molecular weight is 771 g/mol. The Kier molecular flexibility index (Phi) is 17.0. The lowest BCUT2D eigenvalue weighted by atomic mass is 9.96. The van der Waals surface area contributed by atoms with Gasteiger partial charge in [-0.25, -0.2) is 0 Å². The number of hydrogen-bond donors (Lipinski definition) is 2. The summed E-state index contributed by atoms with van der Waals surface area (Å²) >= 11 is 0. The molecule has 3 atom stereocenters. The molecular formula is C51H66N2O4. The minimum Gasteiger partial charge on any atom is -0.392 e. The first-order valence-electron chi connectivity index (χ1n) is 21.9. The van der Waals surface area contributed by atoms with E-state index in [9.17, 15) is 9.90 Å². The van der Waals surface area contributed by atoms with E-state index in [-0.39, 0.29) is 24.7 Å². The van der Waals surface area contributed by atoms with E-state index in [0.717, 1.165) is 54.6 Å². The number of aliphatic hydroxyl groups is 1. The molecule has 1 aliphatic heterocycles. The minimum absolute atomic E-state index is 0.0139. The number of benzene rings is 5. The van der Waals surface area contributed by atoms with Gasteiger partial charge in [0.2, 0.25) is 5.91 Å². The Morgan fingerprint density at radius 2 is 1.23 bits per heavy atom. The molecule has 1 heterocycles. The number of ether oxygens (including phenoxy) is 2. The van der Waals surface area contributed by atoms with Gasteiger partial charge in [0.05, 0.1) is 18.8 Å². The van der Waals surface area contributed by atoms with Crippen molar-refractivity contribution < 1.29 is 19.4 Å². The molecule has 0 aromatic heterocycles. The maximum Gasteiger partial charge on any atom is 0.220 e. The predicted octanol–water partition coefficient (Wildman–Crippen LogP) is 12.3. The smallest absolute Gasteiger partial charge is 0.220 e. The van der Waals surface area contributed by atoms with Gasteiger partial charge in [0, 0.05) is 38.0 Å². The third kappa shape index (κ3) is 13.0. The average Bonchev–Trinajstić information content (AvgIpc) is 3.24. The van der Waals surface area contributed by atoms with E-state index >= 15 is 0 Å². The second-order valence-electron chi connectivity index (χ2n) is 16.4. The second kappa shape index (κ2) is 22.8. The lowest BCUT2D eigenvalue weighted by Gasteiger charge is -2.38. The summed E-state index contributed by atoms with van der Waals surface area (Å²) in [5.74, 6) is 0.125. The van der Waals surface area contributed by atoms with Crippen molar-refractivity contribution in [3.8, 4) is 0 Å². The van der Waals surface area contributed by atoms with Crippen molar-refractivity contribution in [2.45, 2.75) is 141 Å². The van der Waals surface area contributed by atoms with Crippen LogP contribution in [0.1, 0.15) is 143 Å². The second-order valence-corrected chi connectivity index (χ2v) is 16.4.